The average molecular weight is 893 g/mol. The van der Waals surface area contributed by atoms with E-state index in [0.717, 1.165) is 38.5 Å². The standard InChI is InChI=1S/C55H105NO7/c1-6-8-10-12-14-16-18-20-22-24-25-26-27-28-29-30-32-34-36-38-40-42-44-46-54(58)63-51(49-61-48-47-52(55(59)60)56(3,4)5)50-62-53(57)45-43-41-39-37-35-33-31-23-21-19-17-15-13-11-9-7-2/h24-25,51-52H,6-23,26-50H2,1-5H3/p+1/b25-24-. The Kier molecular flexibility index (Phi) is 45.2. The molecule has 0 saturated carbocycles. The van der Waals surface area contributed by atoms with Gasteiger partial charge in [0.2, 0.25) is 0 Å². The van der Waals surface area contributed by atoms with Crippen LogP contribution in [0, 0.1) is 0 Å². The predicted molar refractivity (Wildman–Crippen MR) is 266 cm³/mol. The van der Waals surface area contributed by atoms with Crippen molar-refractivity contribution < 1.29 is 38.2 Å². The van der Waals surface area contributed by atoms with Gasteiger partial charge in [0.05, 0.1) is 34.4 Å². The van der Waals surface area contributed by atoms with E-state index in [0.29, 0.717) is 19.3 Å². The molecule has 0 aliphatic carbocycles. The van der Waals surface area contributed by atoms with Crippen molar-refractivity contribution in [2.75, 3.05) is 41.0 Å². The smallest absolute Gasteiger partial charge is 0.362 e. The van der Waals surface area contributed by atoms with Crippen molar-refractivity contribution in [1.29, 1.82) is 0 Å². The molecule has 8 heteroatoms. The van der Waals surface area contributed by atoms with Crippen LogP contribution in [0.15, 0.2) is 12.2 Å². The Morgan fingerprint density at radius 2 is 0.794 bits per heavy atom. The first-order chi connectivity index (χ1) is 30.6. The Hall–Kier alpha value is -1.93. The second-order valence-electron chi connectivity index (χ2n) is 19.8. The third-order valence-electron chi connectivity index (χ3n) is 12.7. The molecule has 0 amide bonds. The number of carboxylic acids is 1. The summed E-state index contributed by atoms with van der Waals surface area (Å²) in [4.78, 5) is 37.2. The molecular formula is C55H106NO7+. The quantitative estimate of drug-likeness (QED) is 0.0281. The van der Waals surface area contributed by atoms with Crippen LogP contribution in [0.3, 0.4) is 0 Å². The lowest BCUT2D eigenvalue weighted by atomic mass is 10.0. The van der Waals surface area contributed by atoms with Crippen LogP contribution < -0.4 is 0 Å². The molecule has 0 rings (SSSR count). The van der Waals surface area contributed by atoms with Crippen LogP contribution in [0.5, 0.6) is 0 Å². The molecule has 0 spiro atoms. The van der Waals surface area contributed by atoms with Crippen LogP contribution >= 0.6 is 0 Å². The summed E-state index contributed by atoms with van der Waals surface area (Å²) in [7, 11) is 5.55. The number of esters is 2. The highest BCUT2D eigenvalue weighted by molar-refractivity contribution is 5.72. The fourth-order valence-corrected chi connectivity index (χ4v) is 8.44. The number of unbranched alkanes of at least 4 members (excludes halogenated alkanes) is 34. The predicted octanol–water partition coefficient (Wildman–Crippen LogP) is 15.8. The van der Waals surface area contributed by atoms with Crippen molar-refractivity contribution in [2.45, 2.75) is 283 Å². The Labute approximate surface area is 390 Å². The van der Waals surface area contributed by atoms with Crippen molar-refractivity contribution >= 4 is 17.9 Å². The summed E-state index contributed by atoms with van der Waals surface area (Å²) in [5, 5.41) is 9.66. The van der Waals surface area contributed by atoms with Crippen molar-refractivity contribution in [3.8, 4) is 0 Å². The van der Waals surface area contributed by atoms with Gasteiger partial charge in [-0.2, -0.15) is 0 Å². The summed E-state index contributed by atoms with van der Waals surface area (Å²) >= 11 is 0. The molecule has 0 radical (unpaired) electrons. The van der Waals surface area contributed by atoms with E-state index >= 15 is 0 Å². The molecule has 0 aromatic heterocycles. The summed E-state index contributed by atoms with van der Waals surface area (Å²) in [6.07, 6.45) is 52.6. The van der Waals surface area contributed by atoms with E-state index in [4.69, 9.17) is 14.2 Å². The highest BCUT2D eigenvalue weighted by atomic mass is 16.6. The van der Waals surface area contributed by atoms with Crippen LogP contribution in [0.1, 0.15) is 271 Å². The van der Waals surface area contributed by atoms with E-state index in [1.165, 1.54) is 199 Å². The number of ether oxygens (including phenoxy) is 3. The lowest BCUT2D eigenvalue weighted by molar-refractivity contribution is -0.887. The molecule has 0 saturated heterocycles. The number of quaternary nitrogens is 1. The van der Waals surface area contributed by atoms with Gasteiger partial charge in [-0.25, -0.2) is 4.79 Å². The molecule has 63 heavy (non-hydrogen) atoms. The monoisotopic (exact) mass is 893 g/mol. The zero-order valence-electron chi connectivity index (χ0n) is 42.6. The van der Waals surface area contributed by atoms with Gasteiger partial charge in [0.25, 0.3) is 0 Å². The van der Waals surface area contributed by atoms with E-state index in [-0.39, 0.29) is 36.2 Å². The van der Waals surface area contributed by atoms with Crippen molar-refractivity contribution in [1.82, 2.24) is 0 Å². The topological polar surface area (TPSA) is 99.1 Å². The van der Waals surface area contributed by atoms with Crippen LogP contribution in [-0.4, -0.2) is 80.6 Å². The van der Waals surface area contributed by atoms with Gasteiger partial charge >= 0.3 is 17.9 Å². The Balaban J connectivity index is 4.15. The van der Waals surface area contributed by atoms with E-state index < -0.39 is 18.1 Å². The van der Waals surface area contributed by atoms with E-state index in [1.54, 1.807) is 0 Å². The molecule has 372 valence electrons. The van der Waals surface area contributed by atoms with Crippen LogP contribution in [0.25, 0.3) is 0 Å². The van der Waals surface area contributed by atoms with Gasteiger partial charge in [-0.15, -0.1) is 0 Å². The fourth-order valence-electron chi connectivity index (χ4n) is 8.44. The van der Waals surface area contributed by atoms with Crippen molar-refractivity contribution in [3.63, 3.8) is 0 Å². The first-order valence-corrected chi connectivity index (χ1v) is 27.2. The maximum absolute atomic E-state index is 12.8. The summed E-state index contributed by atoms with van der Waals surface area (Å²) in [5.41, 5.74) is 0. The second kappa shape index (κ2) is 46.6. The molecule has 0 bridgehead atoms. The Bertz CT molecular complexity index is 1040. The lowest BCUT2D eigenvalue weighted by Crippen LogP contribution is -2.50. The normalized spacial score (nSPS) is 12.8. The van der Waals surface area contributed by atoms with Crippen LogP contribution in [-0.2, 0) is 28.6 Å². The minimum Gasteiger partial charge on any atom is -0.477 e. The molecule has 8 nitrogen and oxygen atoms in total. The minimum atomic E-state index is -0.870. The zero-order chi connectivity index (χ0) is 46.3. The van der Waals surface area contributed by atoms with Gasteiger partial charge in [-0.3, -0.25) is 9.59 Å². The van der Waals surface area contributed by atoms with Gasteiger partial charge in [0, 0.05) is 19.3 Å². The van der Waals surface area contributed by atoms with Crippen LogP contribution in [0.2, 0.25) is 0 Å². The van der Waals surface area contributed by atoms with E-state index in [9.17, 15) is 19.5 Å². The molecule has 0 aliphatic heterocycles. The summed E-state index contributed by atoms with van der Waals surface area (Å²) in [5.74, 6) is -1.44. The zero-order valence-corrected chi connectivity index (χ0v) is 42.6. The number of likely N-dealkylation sites (N-methyl/N-ethyl adjacent to an activating group) is 1. The Morgan fingerprint density at radius 1 is 0.460 bits per heavy atom. The van der Waals surface area contributed by atoms with Crippen molar-refractivity contribution in [2.24, 2.45) is 0 Å². The van der Waals surface area contributed by atoms with E-state index in [1.807, 2.05) is 21.1 Å². The number of carboxylic acid groups (broad SMARTS) is 1. The molecule has 0 aromatic rings. The minimum absolute atomic E-state index is 0.0441. The van der Waals surface area contributed by atoms with E-state index in [2.05, 4.69) is 26.0 Å². The molecule has 0 heterocycles. The Morgan fingerprint density at radius 3 is 1.14 bits per heavy atom. The molecule has 1 N–H and O–H groups in total. The summed E-state index contributed by atoms with van der Waals surface area (Å²) < 4.78 is 17.4. The SMILES string of the molecule is CCCCCCCCCC/C=C\CCCCCCCCCCCCCC(=O)OC(COCCC(C(=O)O)[N+](C)(C)C)COC(=O)CCCCCCCCCCCCCCCCCC. The molecule has 2 unspecified atom stereocenters. The van der Waals surface area contributed by atoms with Crippen molar-refractivity contribution in [3.05, 3.63) is 12.2 Å². The third-order valence-corrected chi connectivity index (χ3v) is 12.7. The highest BCUT2D eigenvalue weighted by Crippen LogP contribution is 2.17. The first kappa shape index (κ1) is 61.1. The lowest BCUT2D eigenvalue weighted by Gasteiger charge is -2.31. The molecule has 0 aliphatic rings. The van der Waals surface area contributed by atoms with Gasteiger partial charge in [0.1, 0.15) is 6.61 Å². The van der Waals surface area contributed by atoms with Gasteiger partial charge in [0.15, 0.2) is 12.1 Å². The maximum atomic E-state index is 12.8. The maximum Gasteiger partial charge on any atom is 0.362 e. The number of allylic oxidation sites excluding steroid dienone is 2. The summed E-state index contributed by atoms with van der Waals surface area (Å²) in [6, 6.07) is -0.611. The molecule has 2 atom stereocenters. The second-order valence-corrected chi connectivity index (χ2v) is 19.8. The van der Waals surface area contributed by atoms with Gasteiger partial charge in [-0.05, 0) is 38.5 Å². The number of rotatable bonds is 50. The first-order valence-electron chi connectivity index (χ1n) is 27.2. The molecular weight excluding hydrogens is 787 g/mol. The number of aliphatic carboxylic acids is 1. The fraction of sp³-hybridized carbons (Fsp3) is 0.909. The highest BCUT2D eigenvalue weighted by Gasteiger charge is 2.31. The number of hydrogen-bond acceptors (Lipinski definition) is 6. The third kappa shape index (κ3) is 45.0. The van der Waals surface area contributed by atoms with Gasteiger partial charge in [-0.1, -0.05) is 225 Å². The van der Waals surface area contributed by atoms with Gasteiger partial charge < -0.3 is 23.8 Å². The molecule has 0 fully saturated rings. The average Bonchev–Trinajstić information content (AvgIpc) is 3.24. The number of carbonyl (C=O) groups is 3. The number of hydrogen-bond donors (Lipinski definition) is 1. The largest absolute Gasteiger partial charge is 0.477 e. The van der Waals surface area contributed by atoms with Crippen LogP contribution in [0.4, 0.5) is 0 Å². The molecule has 0 aromatic carbocycles. The number of nitrogens with zero attached hydrogens (tertiary/aromatic N) is 1. The number of carbonyl (C=O) groups excluding carboxylic acids is 2. The summed E-state index contributed by atoms with van der Waals surface area (Å²) in [6.45, 7) is 4.79.